The third kappa shape index (κ3) is 1.80. The highest BCUT2D eigenvalue weighted by molar-refractivity contribution is 7.94. The lowest BCUT2D eigenvalue weighted by atomic mass is 10.0. The topological polar surface area (TPSA) is 52.5 Å². The molecule has 0 fully saturated rings. The molecule has 0 bridgehead atoms. The van der Waals surface area contributed by atoms with Crippen molar-refractivity contribution in [1.29, 1.82) is 0 Å². The van der Waals surface area contributed by atoms with Gasteiger partial charge in [0.15, 0.2) is 0 Å². The molecule has 70 valence electrons. The van der Waals surface area contributed by atoms with Crippen LogP contribution < -0.4 is 5.32 Å². The highest BCUT2D eigenvalue weighted by Gasteiger charge is 2.17. The summed E-state index contributed by atoms with van der Waals surface area (Å²) in [5.74, 6) is 0.302. The van der Waals surface area contributed by atoms with Crippen LogP contribution in [0.15, 0.2) is 18.2 Å². The molecule has 1 atom stereocenters. The lowest BCUT2D eigenvalue weighted by molar-refractivity contribution is 0.472. The minimum absolute atomic E-state index is 0.0806. The summed E-state index contributed by atoms with van der Waals surface area (Å²) in [6, 6.07) is 5.36. The van der Waals surface area contributed by atoms with Crippen LogP contribution >= 0.6 is 12.0 Å². The second kappa shape index (κ2) is 3.57. The van der Waals surface area contributed by atoms with Crippen LogP contribution in [-0.4, -0.2) is 15.0 Å². The first-order valence-electron chi connectivity index (χ1n) is 4.14. The van der Waals surface area contributed by atoms with Crippen LogP contribution in [-0.2, 0) is 13.0 Å². The molecule has 1 aliphatic rings. The molecule has 0 unspecified atom stereocenters. The van der Waals surface area contributed by atoms with Gasteiger partial charge in [-0.15, -0.1) is 0 Å². The molecular weight excluding hydrogens is 186 g/mol. The molecule has 0 saturated carbocycles. The van der Waals surface area contributed by atoms with E-state index >= 15 is 0 Å². The Hall–Kier alpha value is -0.710. The molecular formula is C9H11NO2S. The predicted octanol–water partition coefficient (Wildman–Crippen LogP) is 1.57. The summed E-state index contributed by atoms with van der Waals surface area (Å²) >= 11 is 0.840. The van der Waals surface area contributed by atoms with Crippen molar-refractivity contribution in [3.8, 4) is 5.75 Å². The highest BCUT2D eigenvalue weighted by atomic mass is 32.2. The van der Waals surface area contributed by atoms with Gasteiger partial charge < -0.3 is 9.66 Å². The molecule has 1 aromatic carbocycles. The van der Waals surface area contributed by atoms with Crippen LogP contribution in [0.5, 0.6) is 5.75 Å². The third-order valence-electron chi connectivity index (χ3n) is 2.24. The van der Waals surface area contributed by atoms with E-state index in [1.165, 1.54) is 5.56 Å². The monoisotopic (exact) mass is 197 g/mol. The maximum absolute atomic E-state index is 9.23. The maximum Gasteiger partial charge on any atom is 0.115 e. The van der Waals surface area contributed by atoms with E-state index in [-0.39, 0.29) is 5.37 Å². The van der Waals surface area contributed by atoms with Crippen LogP contribution in [0.3, 0.4) is 0 Å². The average molecular weight is 197 g/mol. The zero-order valence-electron chi connectivity index (χ0n) is 7.03. The van der Waals surface area contributed by atoms with E-state index in [2.05, 4.69) is 5.32 Å². The Morgan fingerprint density at radius 1 is 1.38 bits per heavy atom. The van der Waals surface area contributed by atoms with Crippen molar-refractivity contribution in [3.05, 3.63) is 29.3 Å². The Labute approximate surface area is 81.0 Å². The van der Waals surface area contributed by atoms with Crippen LogP contribution in [0.2, 0.25) is 0 Å². The number of aromatic hydroxyl groups is 1. The third-order valence-corrected chi connectivity index (χ3v) is 2.83. The number of rotatable bonds is 1. The van der Waals surface area contributed by atoms with E-state index in [0.717, 1.165) is 24.0 Å². The van der Waals surface area contributed by atoms with Crippen molar-refractivity contribution in [2.45, 2.75) is 18.3 Å². The first kappa shape index (κ1) is 8.87. The Balaban J connectivity index is 2.26. The van der Waals surface area contributed by atoms with Crippen molar-refractivity contribution in [2.24, 2.45) is 0 Å². The number of nitrogens with one attached hydrogen (secondary N) is 1. The van der Waals surface area contributed by atoms with Crippen molar-refractivity contribution in [3.63, 3.8) is 0 Å². The SMILES string of the molecule is OS[C@@H]1Cc2ccc(O)cc2CN1. The molecule has 0 saturated heterocycles. The molecule has 1 aromatic rings. The molecule has 1 heterocycles. The minimum atomic E-state index is 0.0806. The number of hydrogen-bond donors (Lipinski definition) is 3. The van der Waals surface area contributed by atoms with Gasteiger partial charge in [0, 0.05) is 18.6 Å². The zero-order chi connectivity index (χ0) is 9.26. The van der Waals surface area contributed by atoms with E-state index in [4.69, 9.17) is 4.55 Å². The normalized spacial score (nSPS) is 21.2. The number of benzene rings is 1. The zero-order valence-corrected chi connectivity index (χ0v) is 7.84. The van der Waals surface area contributed by atoms with Gasteiger partial charge in [-0.3, -0.25) is 5.32 Å². The summed E-state index contributed by atoms with van der Waals surface area (Å²) in [6.07, 6.45) is 0.802. The molecule has 0 aromatic heterocycles. The smallest absolute Gasteiger partial charge is 0.115 e. The Kier molecular flexibility index (Phi) is 2.44. The fraction of sp³-hybridized carbons (Fsp3) is 0.333. The lowest BCUT2D eigenvalue weighted by Gasteiger charge is -2.23. The summed E-state index contributed by atoms with van der Waals surface area (Å²) in [5, 5.41) is 12.5. The van der Waals surface area contributed by atoms with Gasteiger partial charge in [-0.05, 0) is 29.7 Å². The van der Waals surface area contributed by atoms with Gasteiger partial charge >= 0.3 is 0 Å². The maximum atomic E-state index is 9.23. The van der Waals surface area contributed by atoms with E-state index < -0.39 is 0 Å². The van der Waals surface area contributed by atoms with Gasteiger partial charge in [-0.25, -0.2) is 0 Å². The largest absolute Gasteiger partial charge is 0.508 e. The molecule has 0 aliphatic carbocycles. The molecule has 0 amide bonds. The lowest BCUT2D eigenvalue weighted by Crippen LogP contribution is -2.32. The number of fused-ring (bicyclic) bond motifs is 1. The number of phenols is 1. The standard InChI is InChI=1S/C9H11NO2S/c11-8-2-1-6-4-9(13-12)10-5-7(6)3-8/h1-3,9-12H,4-5H2/t9-/m1/s1. The molecule has 3 N–H and O–H groups in total. The number of hydrogen-bond acceptors (Lipinski definition) is 4. The number of phenolic OH excluding ortho intramolecular Hbond substituents is 1. The van der Waals surface area contributed by atoms with Gasteiger partial charge in [-0.2, -0.15) is 0 Å². The average Bonchev–Trinajstić information content (AvgIpc) is 2.17. The summed E-state index contributed by atoms with van der Waals surface area (Å²) in [6.45, 7) is 0.710. The highest BCUT2D eigenvalue weighted by Crippen LogP contribution is 2.24. The molecule has 13 heavy (non-hydrogen) atoms. The van der Waals surface area contributed by atoms with Crippen LogP contribution in [0.25, 0.3) is 0 Å². The van der Waals surface area contributed by atoms with E-state index in [9.17, 15) is 5.11 Å². The van der Waals surface area contributed by atoms with Crippen molar-refractivity contribution in [2.75, 3.05) is 0 Å². The van der Waals surface area contributed by atoms with Crippen molar-refractivity contribution >= 4 is 12.0 Å². The van der Waals surface area contributed by atoms with Gasteiger partial charge in [0.2, 0.25) is 0 Å². The molecule has 4 heteroatoms. The van der Waals surface area contributed by atoms with Gasteiger partial charge in [-0.1, -0.05) is 6.07 Å². The van der Waals surface area contributed by atoms with E-state index in [1.54, 1.807) is 12.1 Å². The summed E-state index contributed by atoms with van der Waals surface area (Å²) < 4.78 is 8.88. The molecule has 3 nitrogen and oxygen atoms in total. The summed E-state index contributed by atoms with van der Waals surface area (Å²) in [4.78, 5) is 0. The van der Waals surface area contributed by atoms with Crippen LogP contribution in [0.4, 0.5) is 0 Å². The minimum Gasteiger partial charge on any atom is -0.508 e. The molecule has 0 spiro atoms. The molecule has 0 radical (unpaired) electrons. The predicted molar refractivity (Wildman–Crippen MR) is 52.7 cm³/mol. The molecule has 2 rings (SSSR count). The first-order chi connectivity index (χ1) is 6.29. The van der Waals surface area contributed by atoms with Gasteiger partial charge in [0.25, 0.3) is 0 Å². The van der Waals surface area contributed by atoms with Crippen molar-refractivity contribution < 1.29 is 9.66 Å². The van der Waals surface area contributed by atoms with Gasteiger partial charge in [0.05, 0.1) is 5.37 Å². The fourth-order valence-corrected chi connectivity index (χ4v) is 1.96. The Bertz CT molecular complexity index is 316. The Morgan fingerprint density at radius 3 is 3.00 bits per heavy atom. The quantitative estimate of drug-likeness (QED) is 0.598. The summed E-state index contributed by atoms with van der Waals surface area (Å²) in [7, 11) is 0. The second-order valence-corrected chi connectivity index (χ2v) is 3.91. The summed E-state index contributed by atoms with van der Waals surface area (Å²) in [5.41, 5.74) is 2.31. The van der Waals surface area contributed by atoms with Crippen LogP contribution in [0.1, 0.15) is 11.1 Å². The van der Waals surface area contributed by atoms with Gasteiger partial charge in [0.1, 0.15) is 5.75 Å². The fourth-order valence-electron chi connectivity index (χ4n) is 1.55. The van der Waals surface area contributed by atoms with Crippen molar-refractivity contribution in [1.82, 2.24) is 5.32 Å². The van der Waals surface area contributed by atoms with Crippen LogP contribution in [0, 0.1) is 0 Å². The first-order valence-corrected chi connectivity index (χ1v) is 4.97. The van der Waals surface area contributed by atoms with E-state index in [1.807, 2.05) is 6.07 Å². The molecule has 1 aliphatic heterocycles. The Morgan fingerprint density at radius 2 is 2.23 bits per heavy atom. The second-order valence-electron chi connectivity index (χ2n) is 3.13. The van der Waals surface area contributed by atoms with E-state index in [0.29, 0.717) is 12.3 Å².